The van der Waals surface area contributed by atoms with Gasteiger partial charge in [-0.25, -0.2) is 0 Å². The van der Waals surface area contributed by atoms with Crippen molar-refractivity contribution in [2.75, 3.05) is 52.9 Å². The Morgan fingerprint density at radius 2 is 1.74 bits per heavy atom. The Kier molecular flexibility index (Phi) is 9.87. The molecule has 0 saturated carbocycles. The monoisotopic (exact) mass is 340 g/mol. The van der Waals surface area contributed by atoms with E-state index in [-0.39, 0.29) is 18.3 Å². The molecule has 130 valence electrons. The lowest BCUT2D eigenvalue weighted by Crippen LogP contribution is -2.46. The maximum Gasteiger partial charge on any atom is 0.233 e. The van der Waals surface area contributed by atoms with Crippen LogP contribution in [0.1, 0.15) is 12.0 Å². The fourth-order valence-corrected chi connectivity index (χ4v) is 2.77. The molecular weight excluding hydrogens is 312 g/mol. The third kappa shape index (κ3) is 7.79. The van der Waals surface area contributed by atoms with Gasteiger partial charge >= 0.3 is 0 Å². The summed E-state index contributed by atoms with van der Waals surface area (Å²) >= 11 is 0. The van der Waals surface area contributed by atoms with E-state index in [9.17, 15) is 4.79 Å². The molecule has 1 aliphatic heterocycles. The number of hydrogen-bond donors (Lipinski definition) is 2. The molecule has 0 bridgehead atoms. The molecule has 0 atom stereocenters. The predicted octanol–water partition coefficient (Wildman–Crippen LogP) is 0.952. The normalized spacial score (nSPS) is 15.9. The van der Waals surface area contributed by atoms with Crippen molar-refractivity contribution in [1.29, 1.82) is 0 Å². The molecule has 1 amide bonds. The van der Waals surface area contributed by atoms with Gasteiger partial charge in [0.05, 0.1) is 6.54 Å². The minimum Gasteiger partial charge on any atom is -0.355 e. The van der Waals surface area contributed by atoms with E-state index in [4.69, 9.17) is 0 Å². The Labute approximate surface area is 145 Å². The summed E-state index contributed by atoms with van der Waals surface area (Å²) in [6, 6.07) is 10.7. The van der Waals surface area contributed by atoms with Crippen LogP contribution in [-0.2, 0) is 11.3 Å². The average molecular weight is 341 g/mol. The molecule has 2 rings (SSSR count). The first kappa shape index (κ1) is 19.9. The highest BCUT2D eigenvalue weighted by Gasteiger charge is 2.16. The van der Waals surface area contributed by atoms with Crippen molar-refractivity contribution in [3.05, 3.63) is 35.9 Å². The summed E-state index contributed by atoms with van der Waals surface area (Å²) in [6.45, 7) is 7.78. The molecule has 0 unspecified atom stereocenters. The number of nitrogens with one attached hydrogen (secondary N) is 2. The van der Waals surface area contributed by atoms with E-state index in [1.807, 2.05) is 0 Å². The molecule has 2 N–H and O–H groups in total. The molecule has 1 heterocycles. The van der Waals surface area contributed by atoms with Crippen molar-refractivity contribution >= 4 is 18.3 Å². The molecule has 23 heavy (non-hydrogen) atoms. The van der Waals surface area contributed by atoms with Gasteiger partial charge in [-0.15, -0.1) is 12.4 Å². The van der Waals surface area contributed by atoms with Gasteiger partial charge in [0.2, 0.25) is 5.91 Å². The van der Waals surface area contributed by atoms with Crippen molar-refractivity contribution in [3.8, 4) is 0 Å². The van der Waals surface area contributed by atoms with Crippen LogP contribution in [-0.4, -0.2) is 68.6 Å². The first-order valence-electron chi connectivity index (χ1n) is 8.18. The summed E-state index contributed by atoms with van der Waals surface area (Å²) in [5.74, 6) is 0.0789. The van der Waals surface area contributed by atoms with Crippen molar-refractivity contribution in [2.24, 2.45) is 0 Å². The molecule has 1 fully saturated rings. The zero-order valence-electron chi connectivity index (χ0n) is 14.0. The van der Waals surface area contributed by atoms with Gasteiger partial charge in [0.1, 0.15) is 0 Å². The van der Waals surface area contributed by atoms with Crippen molar-refractivity contribution in [1.82, 2.24) is 20.4 Å². The first-order valence-corrected chi connectivity index (χ1v) is 8.18. The molecule has 0 aliphatic carbocycles. The minimum absolute atomic E-state index is 0. The van der Waals surface area contributed by atoms with Gasteiger partial charge in [0.25, 0.3) is 0 Å². The molecule has 0 aromatic heterocycles. The minimum atomic E-state index is 0. The number of piperazine rings is 1. The van der Waals surface area contributed by atoms with Crippen LogP contribution >= 0.6 is 12.4 Å². The Morgan fingerprint density at radius 3 is 2.39 bits per heavy atom. The highest BCUT2D eigenvalue weighted by atomic mass is 35.5. The van der Waals surface area contributed by atoms with Gasteiger partial charge in [-0.05, 0) is 25.6 Å². The molecule has 1 aliphatic rings. The first-order chi connectivity index (χ1) is 10.8. The largest absolute Gasteiger partial charge is 0.355 e. The summed E-state index contributed by atoms with van der Waals surface area (Å²) in [4.78, 5) is 16.3. The molecule has 0 radical (unpaired) electrons. The third-order valence-corrected chi connectivity index (χ3v) is 4.02. The standard InChI is InChI=1S/C17H28N4O.ClH/c1-18-14-17(22)19-8-5-9-20-10-12-21(13-11-20)15-16-6-3-2-4-7-16;/h2-4,6-7,18H,5,8-15H2,1H3,(H,19,22);1H. The molecule has 1 aromatic carbocycles. The molecular formula is C17H29ClN4O. The summed E-state index contributed by atoms with van der Waals surface area (Å²) in [5.41, 5.74) is 1.39. The zero-order chi connectivity index (χ0) is 15.6. The van der Waals surface area contributed by atoms with Crippen LogP contribution in [0.3, 0.4) is 0 Å². The second-order valence-electron chi connectivity index (χ2n) is 5.84. The Balaban J connectivity index is 0.00000264. The van der Waals surface area contributed by atoms with Crippen LogP contribution in [0, 0.1) is 0 Å². The SMILES string of the molecule is CNCC(=O)NCCCN1CCN(Cc2ccccc2)CC1.Cl. The second kappa shape index (κ2) is 11.4. The highest BCUT2D eigenvalue weighted by molar-refractivity contribution is 5.85. The number of benzene rings is 1. The van der Waals surface area contributed by atoms with E-state index in [0.29, 0.717) is 6.54 Å². The number of amides is 1. The van der Waals surface area contributed by atoms with E-state index in [1.165, 1.54) is 5.56 Å². The van der Waals surface area contributed by atoms with Gasteiger partial charge in [-0.1, -0.05) is 30.3 Å². The Bertz CT molecular complexity index is 435. The van der Waals surface area contributed by atoms with Gasteiger partial charge < -0.3 is 15.5 Å². The van der Waals surface area contributed by atoms with Crippen molar-refractivity contribution in [2.45, 2.75) is 13.0 Å². The van der Waals surface area contributed by atoms with Crippen LogP contribution in [0.5, 0.6) is 0 Å². The van der Waals surface area contributed by atoms with Crippen LogP contribution in [0.4, 0.5) is 0 Å². The summed E-state index contributed by atoms with van der Waals surface area (Å²) in [7, 11) is 1.79. The number of halogens is 1. The van der Waals surface area contributed by atoms with E-state index < -0.39 is 0 Å². The lowest BCUT2D eigenvalue weighted by Gasteiger charge is -2.34. The van der Waals surface area contributed by atoms with E-state index in [1.54, 1.807) is 7.05 Å². The maximum absolute atomic E-state index is 11.3. The molecule has 0 spiro atoms. The van der Waals surface area contributed by atoms with Gasteiger partial charge in [-0.3, -0.25) is 9.69 Å². The molecule has 1 aromatic rings. The number of likely N-dealkylation sites (N-methyl/N-ethyl adjacent to an activating group) is 1. The van der Waals surface area contributed by atoms with E-state index in [0.717, 1.165) is 52.2 Å². The van der Waals surface area contributed by atoms with Crippen LogP contribution in [0.2, 0.25) is 0 Å². The number of carbonyl (C=O) groups is 1. The molecule has 6 heteroatoms. The smallest absolute Gasteiger partial charge is 0.233 e. The summed E-state index contributed by atoms with van der Waals surface area (Å²) in [6.07, 6.45) is 1.02. The third-order valence-electron chi connectivity index (χ3n) is 4.02. The number of rotatable bonds is 8. The fraction of sp³-hybridized carbons (Fsp3) is 0.588. The summed E-state index contributed by atoms with van der Waals surface area (Å²) in [5, 5.41) is 5.78. The van der Waals surface area contributed by atoms with Gasteiger partial charge in [0.15, 0.2) is 0 Å². The zero-order valence-corrected chi connectivity index (χ0v) is 14.8. The van der Waals surface area contributed by atoms with Crippen molar-refractivity contribution in [3.63, 3.8) is 0 Å². The maximum atomic E-state index is 11.3. The second-order valence-corrected chi connectivity index (χ2v) is 5.84. The quantitative estimate of drug-likeness (QED) is 0.692. The number of nitrogens with zero attached hydrogens (tertiary/aromatic N) is 2. The highest BCUT2D eigenvalue weighted by Crippen LogP contribution is 2.08. The average Bonchev–Trinajstić information content (AvgIpc) is 2.54. The molecule has 1 saturated heterocycles. The summed E-state index contributed by atoms with van der Waals surface area (Å²) < 4.78 is 0. The van der Waals surface area contributed by atoms with Crippen LogP contribution in [0.25, 0.3) is 0 Å². The lowest BCUT2D eigenvalue weighted by molar-refractivity contribution is -0.120. The van der Waals surface area contributed by atoms with Gasteiger partial charge in [0, 0.05) is 39.3 Å². The lowest BCUT2D eigenvalue weighted by atomic mass is 10.2. The van der Waals surface area contributed by atoms with Crippen LogP contribution < -0.4 is 10.6 Å². The van der Waals surface area contributed by atoms with E-state index in [2.05, 4.69) is 50.8 Å². The van der Waals surface area contributed by atoms with E-state index >= 15 is 0 Å². The molecule has 5 nitrogen and oxygen atoms in total. The number of carbonyl (C=O) groups excluding carboxylic acids is 1. The topological polar surface area (TPSA) is 47.6 Å². The number of hydrogen-bond acceptors (Lipinski definition) is 4. The fourth-order valence-electron chi connectivity index (χ4n) is 2.77. The van der Waals surface area contributed by atoms with Crippen molar-refractivity contribution < 1.29 is 4.79 Å². The Hall–Kier alpha value is -1.14. The Morgan fingerprint density at radius 1 is 1.09 bits per heavy atom. The van der Waals surface area contributed by atoms with Crippen LogP contribution in [0.15, 0.2) is 30.3 Å². The predicted molar refractivity (Wildman–Crippen MR) is 97.0 cm³/mol. The van der Waals surface area contributed by atoms with Gasteiger partial charge in [-0.2, -0.15) is 0 Å².